The van der Waals surface area contributed by atoms with E-state index >= 15 is 0 Å². The molecule has 6 heteroatoms. The summed E-state index contributed by atoms with van der Waals surface area (Å²) in [4.78, 5) is 15.5. The van der Waals surface area contributed by atoms with Gasteiger partial charge in [0.15, 0.2) is 11.6 Å². The third kappa shape index (κ3) is 3.68. The van der Waals surface area contributed by atoms with Crippen molar-refractivity contribution in [3.05, 3.63) is 29.6 Å². The van der Waals surface area contributed by atoms with E-state index < -0.39 is 11.8 Å². The number of hydrogen-bond donors (Lipinski definition) is 1. The van der Waals surface area contributed by atoms with E-state index in [9.17, 15) is 9.18 Å². The van der Waals surface area contributed by atoms with Gasteiger partial charge in [0, 0.05) is 32.7 Å². The third-order valence-electron chi connectivity index (χ3n) is 3.45. The highest BCUT2D eigenvalue weighted by atomic mass is 19.1. The van der Waals surface area contributed by atoms with Crippen molar-refractivity contribution >= 4 is 5.97 Å². The molecule has 1 aliphatic rings. The molecule has 20 heavy (non-hydrogen) atoms. The SMILES string of the molecule is CN1CCN(CCOc2c(F)cccc2C(=O)O)CC1. The first-order valence-electron chi connectivity index (χ1n) is 6.63. The number of piperazine rings is 1. The number of likely N-dealkylation sites (N-methyl/N-ethyl adjacent to an activating group) is 1. The molecule has 1 saturated heterocycles. The number of carboxylic acids is 1. The van der Waals surface area contributed by atoms with Crippen molar-refractivity contribution in [3.63, 3.8) is 0 Å². The van der Waals surface area contributed by atoms with E-state index in [0.29, 0.717) is 6.54 Å². The molecule has 1 N–H and O–H groups in total. The Kier molecular flexibility index (Phi) is 4.92. The average Bonchev–Trinajstić information content (AvgIpc) is 2.42. The molecule has 0 atom stereocenters. The number of ether oxygens (including phenoxy) is 1. The van der Waals surface area contributed by atoms with Crippen LogP contribution in [0.25, 0.3) is 0 Å². The standard InChI is InChI=1S/C14H19FN2O3/c1-16-5-7-17(8-6-16)9-10-20-13-11(14(18)19)3-2-4-12(13)15/h2-4H,5-10H2,1H3,(H,18,19). The quantitative estimate of drug-likeness (QED) is 0.878. The number of halogens is 1. The van der Waals surface area contributed by atoms with Gasteiger partial charge < -0.3 is 14.7 Å². The summed E-state index contributed by atoms with van der Waals surface area (Å²) >= 11 is 0. The van der Waals surface area contributed by atoms with Gasteiger partial charge in [-0.05, 0) is 19.2 Å². The lowest BCUT2D eigenvalue weighted by Crippen LogP contribution is -2.45. The maximum absolute atomic E-state index is 13.6. The predicted octanol–water partition coefficient (Wildman–Crippen LogP) is 1.15. The second-order valence-corrected chi connectivity index (χ2v) is 4.92. The minimum Gasteiger partial charge on any atom is -0.488 e. The van der Waals surface area contributed by atoms with Crippen LogP contribution in [0, 0.1) is 5.82 Å². The summed E-state index contributed by atoms with van der Waals surface area (Å²) in [5.41, 5.74) is -0.136. The molecule has 1 fully saturated rings. The molecule has 1 aromatic carbocycles. The number of benzene rings is 1. The molecular weight excluding hydrogens is 263 g/mol. The molecule has 110 valence electrons. The summed E-state index contributed by atoms with van der Waals surface area (Å²) in [5.74, 6) is -1.99. The van der Waals surface area contributed by atoms with Gasteiger partial charge in [0.2, 0.25) is 0 Å². The van der Waals surface area contributed by atoms with Crippen LogP contribution in [0.15, 0.2) is 18.2 Å². The molecule has 0 saturated carbocycles. The average molecular weight is 282 g/mol. The minimum absolute atomic E-state index is 0.136. The summed E-state index contributed by atoms with van der Waals surface area (Å²) in [7, 11) is 2.08. The highest BCUT2D eigenvalue weighted by Crippen LogP contribution is 2.22. The van der Waals surface area contributed by atoms with Gasteiger partial charge in [-0.2, -0.15) is 0 Å². The van der Waals surface area contributed by atoms with Gasteiger partial charge >= 0.3 is 5.97 Å². The van der Waals surface area contributed by atoms with E-state index in [1.54, 1.807) is 0 Å². The Morgan fingerprint density at radius 2 is 2.05 bits per heavy atom. The summed E-state index contributed by atoms with van der Waals surface area (Å²) in [6, 6.07) is 3.92. The van der Waals surface area contributed by atoms with Crippen LogP contribution in [-0.4, -0.2) is 67.3 Å². The Labute approximate surface area is 117 Å². The number of aromatic carboxylic acids is 1. The maximum atomic E-state index is 13.6. The highest BCUT2D eigenvalue weighted by molar-refractivity contribution is 5.90. The second-order valence-electron chi connectivity index (χ2n) is 4.92. The number of carbonyl (C=O) groups is 1. The molecule has 0 aliphatic carbocycles. The van der Waals surface area contributed by atoms with Gasteiger partial charge in [-0.3, -0.25) is 4.90 Å². The van der Waals surface area contributed by atoms with Crippen molar-refractivity contribution in [3.8, 4) is 5.75 Å². The molecule has 0 amide bonds. The van der Waals surface area contributed by atoms with Crippen LogP contribution in [0.1, 0.15) is 10.4 Å². The van der Waals surface area contributed by atoms with Crippen LogP contribution in [-0.2, 0) is 0 Å². The fourth-order valence-corrected chi connectivity index (χ4v) is 2.17. The van der Waals surface area contributed by atoms with Gasteiger partial charge in [-0.15, -0.1) is 0 Å². The number of nitrogens with zero attached hydrogens (tertiary/aromatic N) is 2. The third-order valence-corrected chi connectivity index (χ3v) is 3.45. The summed E-state index contributed by atoms with van der Waals surface area (Å²) in [5, 5.41) is 9.00. The van der Waals surface area contributed by atoms with Crippen molar-refractivity contribution in [2.45, 2.75) is 0 Å². The van der Waals surface area contributed by atoms with Crippen molar-refractivity contribution in [1.29, 1.82) is 0 Å². The number of para-hydroxylation sites is 1. The Morgan fingerprint density at radius 1 is 1.35 bits per heavy atom. The molecule has 1 aromatic rings. The fraction of sp³-hybridized carbons (Fsp3) is 0.500. The van der Waals surface area contributed by atoms with E-state index in [4.69, 9.17) is 9.84 Å². The summed E-state index contributed by atoms with van der Waals surface area (Å²) < 4.78 is 19.0. The first-order valence-corrected chi connectivity index (χ1v) is 6.63. The summed E-state index contributed by atoms with van der Waals surface area (Å²) in [6.07, 6.45) is 0. The second kappa shape index (κ2) is 6.67. The highest BCUT2D eigenvalue weighted by Gasteiger charge is 2.17. The number of hydrogen-bond acceptors (Lipinski definition) is 4. The van der Waals surface area contributed by atoms with Gasteiger partial charge in [0.25, 0.3) is 0 Å². The van der Waals surface area contributed by atoms with Crippen LogP contribution in [0.2, 0.25) is 0 Å². The van der Waals surface area contributed by atoms with Crippen LogP contribution in [0.3, 0.4) is 0 Å². The van der Waals surface area contributed by atoms with Gasteiger partial charge in [0.05, 0.1) is 0 Å². The zero-order valence-electron chi connectivity index (χ0n) is 11.5. The topological polar surface area (TPSA) is 53.0 Å². The molecule has 0 radical (unpaired) electrons. The molecule has 0 aromatic heterocycles. The smallest absolute Gasteiger partial charge is 0.339 e. The van der Waals surface area contributed by atoms with E-state index in [2.05, 4.69) is 16.8 Å². The largest absolute Gasteiger partial charge is 0.488 e. The van der Waals surface area contributed by atoms with E-state index in [1.165, 1.54) is 18.2 Å². The molecule has 0 bridgehead atoms. The molecule has 1 aliphatic heterocycles. The van der Waals surface area contributed by atoms with Crippen molar-refractivity contribution in [2.75, 3.05) is 46.4 Å². The first-order chi connectivity index (χ1) is 9.58. The molecular formula is C14H19FN2O3. The van der Waals surface area contributed by atoms with E-state index in [0.717, 1.165) is 26.2 Å². The summed E-state index contributed by atoms with van der Waals surface area (Å²) in [6.45, 7) is 4.85. The normalized spacial score (nSPS) is 17.1. The Hall–Kier alpha value is -1.66. The van der Waals surface area contributed by atoms with Crippen LogP contribution in [0.5, 0.6) is 5.75 Å². The van der Waals surface area contributed by atoms with Crippen LogP contribution < -0.4 is 4.74 Å². The lowest BCUT2D eigenvalue weighted by Gasteiger charge is -2.32. The van der Waals surface area contributed by atoms with Crippen LogP contribution >= 0.6 is 0 Å². The Balaban J connectivity index is 1.89. The zero-order valence-corrected chi connectivity index (χ0v) is 11.5. The predicted molar refractivity (Wildman–Crippen MR) is 72.8 cm³/mol. The van der Waals surface area contributed by atoms with Gasteiger partial charge in [0.1, 0.15) is 12.2 Å². The van der Waals surface area contributed by atoms with Crippen molar-refractivity contribution < 1.29 is 19.0 Å². The number of carboxylic acid groups (broad SMARTS) is 1. The van der Waals surface area contributed by atoms with Gasteiger partial charge in [-0.25, -0.2) is 9.18 Å². The molecule has 5 nitrogen and oxygen atoms in total. The Morgan fingerprint density at radius 3 is 2.70 bits per heavy atom. The van der Waals surface area contributed by atoms with E-state index in [1.807, 2.05) is 0 Å². The zero-order chi connectivity index (χ0) is 14.5. The van der Waals surface area contributed by atoms with Crippen molar-refractivity contribution in [2.24, 2.45) is 0 Å². The van der Waals surface area contributed by atoms with E-state index in [-0.39, 0.29) is 17.9 Å². The maximum Gasteiger partial charge on any atom is 0.339 e. The lowest BCUT2D eigenvalue weighted by atomic mass is 10.2. The molecule has 0 unspecified atom stereocenters. The lowest BCUT2D eigenvalue weighted by molar-refractivity contribution is 0.0689. The molecule has 0 spiro atoms. The van der Waals surface area contributed by atoms with Crippen LogP contribution in [0.4, 0.5) is 4.39 Å². The molecule has 1 heterocycles. The fourth-order valence-electron chi connectivity index (χ4n) is 2.17. The molecule has 2 rings (SSSR count). The Bertz CT molecular complexity index is 473. The number of rotatable bonds is 5. The van der Waals surface area contributed by atoms with Gasteiger partial charge in [-0.1, -0.05) is 6.07 Å². The van der Waals surface area contributed by atoms with Crippen molar-refractivity contribution in [1.82, 2.24) is 9.80 Å². The monoisotopic (exact) mass is 282 g/mol. The minimum atomic E-state index is -1.18. The first kappa shape index (κ1) is 14.7.